The Morgan fingerprint density at radius 1 is 1.31 bits per heavy atom. The van der Waals surface area contributed by atoms with Crippen molar-refractivity contribution >= 4 is 18.0 Å². The highest BCUT2D eigenvalue weighted by Gasteiger charge is 2.04. The summed E-state index contributed by atoms with van der Waals surface area (Å²) < 4.78 is 0. The van der Waals surface area contributed by atoms with Gasteiger partial charge in [-0.25, -0.2) is 14.4 Å². The lowest BCUT2D eigenvalue weighted by molar-refractivity contribution is -0.159. The van der Waals surface area contributed by atoms with Gasteiger partial charge < -0.3 is 20.8 Å². The van der Waals surface area contributed by atoms with Crippen LogP contribution in [0.25, 0.3) is 0 Å². The third-order valence-electron chi connectivity index (χ3n) is 0.896. The first-order valence-electron chi connectivity index (χ1n) is 3.19. The van der Waals surface area contributed by atoms with Gasteiger partial charge in [-0.05, 0) is 6.08 Å². The van der Waals surface area contributed by atoms with E-state index in [-0.39, 0.29) is 6.03 Å². The first-order valence-corrected chi connectivity index (χ1v) is 3.19. The summed E-state index contributed by atoms with van der Waals surface area (Å²) in [6, 6.07) is -0.123. The first kappa shape index (κ1) is 11.0. The van der Waals surface area contributed by atoms with Gasteiger partial charge in [-0.3, -0.25) is 0 Å². The predicted octanol–water partition coefficient (Wildman–Crippen LogP) is -1.03. The van der Waals surface area contributed by atoms with Crippen LogP contribution in [0.1, 0.15) is 0 Å². The molecule has 4 N–H and O–H groups in total. The molecule has 0 aromatic heterocycles. The fourth-order valence-electron chi connectivity index (χ4n) is 0.396. The molecule has 0 radical (unpaired) electrons. The van der Waals surface area contributed by atoms with Gasteiger partial charge in [-0.1, -0.05) is 0 Å². The summed E-state index contributed by atoms with van der Waals surface area (Å²) in [6.07, 6.45) is 3.46. The molecule has 0 bridgehead atoms. The Morgan fingerprint density at radius 3 is 2.00 bits per heavy atom. The summed E-state index contributed by atoms with van der Waals surface area (Å²) in [6.45, 7) is 0.645. The van der Waals surface area contributed by atoms with Gasteiger partial charge in [0.2, 0.25) is 0 Å². The third kappa shape index (κ3) is 6.35. The quantitative estimate of drug-likeness (QED) is 0.363. The van der Waals surface area contributed by atoms with E-state index in [1.807, 2.05) is 6.08 Å². The van der Waals surface area contributed by atoms with Crippen LogP contribution in [-0.4, -0.2) is 34.7 Å². The van der Waals surface area contributed by atoms with Gasteiger partial charge >= 0.3 is 18.0 Å². The molecule has 0 aromatic rings. The van der Waals surface area contributed by atoms with Crippen LogP contribution in [0.5, 0.6) is 0 Å². The summed E-state index contributed by atoms with van der Waals surface area (Å²) in [4.78, 5) is 28.4. The molecule has 1 aliphatic rings. The van der Waals surface area contributed by atoms with Crippen molar-refractivity contribution < 1.29 is 24.6 Å². The standard InChI is InChI=1S/C4H6N2O.C2H2O4/c7-4-5-2-1-3-6-4;3-1(4)2(5)6/h1-2H,3H2,(H2,5,6,7);(H,3,4)(H,5,6). The average Bonchev–Trinajstić information content (AvgIpc) is 2.06. The monoisotopic (exact) mass is 188 g/mol. The molecule has 0 saturated heterocycles. The number of aliphatic carboxylic acids is 2. The number of carboxylic acid groups (broad SMARTS) is 2. The van der Waals surface area contributed by atoms with Crippen LogP contribution < -0.4 is 10.6 Å². The van der Waals surface area contributed by atoms with Crippen molar-refractivity contribution in [2.24, 2.45) is 0 Å². The maximum Gasteiger partial charge on any atom is 0.414 e. The molecule has 1 rings (SSSR count). The highest BCUT2D eigenvalue weighted by atomic mass is 16.4. The minimum atomic E-state index is -1.82. The zero-order valence-corrected chi connectivity index (χ0v) is 6.48. The second-order valence-corrected chi connectivity index (χ2v) is 1.87. The summed E-state index contributed by atoms with van der Waals surface area (Å²) in [7, 11) is 0. The number of carbonyl (C=O) groups excluding carboxylic acids is 1. The Labute approximate surface area is 73.0 Å². The van der Waals surface area contributed by atoms with Crippen molar-refractivity contribution in [1.29, 1.82) is 0 Å². The van der Waals surface area contributed by atoms with Crippen LogP contribution >= 0.6 is 0 Å². The molecule has 0 unspecified atom stereocenters. The summed E-state index contributed by atoms with van der Waals surface area (Å²) in [5, 5.41) is 19.8. The topological polar surface area (TPSA) is 116 Å². The molecular formula is C6H8N2O5. The Kier molecular flexibility index (Phi) is 4.70. The first-order chi connectivity index (χ1) is 6.04. The normalized spacial score (nSPS) is 13.1. The lowest BCUT2D eigenvalue weighted by Crippen LogP contribution is -2.35. The van der Waals surface area contributed by atoms with Crippen molar-refractivity contribution in [1.82, 2.24) is 10.6 Å². The lowest BCUT2D eigenvalue weighted by Gasteiger charge is -2.04. The van der Waals surface area contributed by atoms with Crippen LogP contribution in [0, 0.1) is 0 Å². The maximum atomic E-state index is 10.2. The van der Waals surface area contributed by atoms with Gasteiger partial charge in [-0.2, -0.15) is 0 Å². The Balaban J connectivity index is 0.000000226. The molecule has 0 spiro atoms. The van der Waals surface area contributed by atoms with E-state index in [0.29, 0.717) is 6.54 Å². The number of rotatable bonds is 0. The van der Waals surface area contributed by atoms with Crippen molar-refractivity contribution in [3.63, 3.8) is 0 Å². The summed E-state index contributed by atoms with van der Waals surface area (Å²) in [5.41, 5.74) is 0. The fourth-order valence-corrected chi connectivity index (χ4v) is 0.396. The zero-order valence-electron chi connectivity index (χ0n) is 6.48. The van der Waals surface area contributed by atoms with Crippen LogP contribution in [0.2, 0.25) is 0 Å². The predicted molar refractivity (Wildman–Crippen MR) is 40.9 cm³/mol. The minimum absolute atomic E-state index is 0.123. The number of amides is 2. The van der Waals surface area contributed by atoms with Crippen LogP contribution in [-0.2, 0) is 9.59 Å². The Hall–Kier alpha value is -2.05. The Bertz CT molecular complexity index is 235. The number of urea groups is 1. The minimum Gasteiger partial charge on any atom is -0.473 e. The van der Waals surface area contributed by atoms with E-state index < -0.39 is 11.9 Å². The molecule has 0 aromatic carbocycles. The molecular weight excluding hydrogens is 180 g/mol. The zero-order chi connectivity index (χ0) is 10.3. The van der Waals surface area contributed by atoms with Gasteiger partial charge in [0, 0.05) is 12.7 Å². The molecule has 2 amide bonds. The molecule has 0 atom stereocenters. The van der Waals surface area contributed by atoms with Crippen molar-refractivity contribution in [3.8, 4) is 0 Å². The summed E-state index contributed by atoms with van der Waals surface area (Å²) in [5.74, 6) is -3.65. The van der Waals surface area contributed by atoms with Crippen molar-refractivity contribution in [2.75, 3.05) is 6.54 Å². The molecule has 13 heavy (non-hydrogen) atoms. The van der Waals surface area contributed by atoms with Crippen LogP contribution in [0.3, 0.4) is 0 Å². The van der Waals surface area contributed by atoms with Crippen molar-refractivity contribution in [2.45, 2.75) is 0 Å². The van der Waals surface area contributed by atoms with E-state index in [2.05, 4.69) is 10.6 Å². The number of hydrogen-bond donors (Lipinski definition) is 4. The molecule has 0 saturated carbocycles. The van der Waals surface area contributed by atoms with Crippen molar-refractivity contribution in [3.05, 3.63) is 12.3 Å². The van der Waals surface area contributed by atoms with E-state index in [1.54, 1.807) is 6.20 Å². The largest absolute Gasteiger partial charge is 0.473 e. The van der Waals surface area contributed by atoms with E-state index in [1.165, 1.54) is 0 Å². The maximum absolute atomic E-state index is 10.2. The van der Waals surface area contributed by atoms with Gasteiger partial charge in [0.25, 0.3) is 0 Å². The molecule has 1 aliphatic heterocycles. The number of nitrogens with one attached hydrogen (secondary N) is 2. The van der Waals surface area contributed by atoms with E-state index >= 15 is 0 Å². The molecule has 0 fully saturated rings. The lowest BCUT2D eigenvalue weighted by atomic mass is 10.5. The second-order valence-electron chi connectivity index (χ2n) is 1.87. The molecule has 0 aliphatic carbocycles. The smallest absolute Gasteiger partial charge is 0.414 e. The highest BCUT2D eigenvalue weighted by molar-refractivity contribution is 6.27. The van der Waals surface area contributed by atoms with Gasteiger partial charge in [0.05, 0.1) is 0 Å². The molecule has 72 valence electrons. The van der Waals surface area contributed by atoms with Gasteiger partial charge in [0.1, 0.15) is 0 Å². The molecule has 1 heterocycles. The number of carbonyl (C=O) groups is 3. The van der Waals surface area contributed by atoms with Gasteiger partial charge in [-0.15, -0.1) is 0 Å². The SMILES string of the molecule is O=C(O)C(=O)O.O=C1NC=CCN1. The molecule has 7 heteroatoms. The van der Waals surface area contributed by atoms with Crippen LogP contribution in [0.15, 0.2) is 12.3 Å². The van der Waals surface area contributed by atoms with E-state index in [0.717, 1.165) is 0 Å². The third-order valence-corrected chi connectivity index (χ3v) is 0.896. The summed E-state index contributed by atoms with van der Waals surface area (Å²) >= 11 is 0. The van der Waals surface area contributed by atoms with E-state index in [4.69, 9.17) is 19.8 Å². The molecule has 7 nitrogen and oxygen atoms in total. The van der Waals surface area contributed by atoms with Gasteiger partial charge in [0.15, 0.2) is 0 Å². The highest BCUT2D eigenvalue weighted by Crippen LogP contribution is 1.74. The Morgan fingerprint density at radius 2 is 1.85 bits per heavy atom. The second kappa shape index (κ2) is 5.58. The average molecular weight is 188 g/mol. The van der Waals surface area contributed by atoms with Crippen LogP contribution in [0.4, 0.5) is 4.79 Å². The fraction of sp³-hybridized carbons (Fsp3) is 0.167. The number of carboxylic acids is 2. The van der Waals surface area contributed by atoms with E-state index in [9.17, 15) is 4.79 Å². The number of hydrogen-bond acceptors (Lipinski definition) is 3.